The van der Waals surface area contributed by atoms with E-state index in [9.17, 15) is 4.79 Å². The summed E-state index contributed by atoms with van der Waals surface area (Å²) in [5.41, 5.74) is 4.19. The maximum Gasteiger partial charge on any atom is 0.226 e. The van der Waals surface area contributed by atoms with Crippen LogP contribution in [0.15, 0.2) is 6.07 Å². The summed E-state index contributed by atoms with van der Waals surface area (Å²) in [6.45, 7) is 8.51. The van der Waals surface area contributed by atoms with Gasteiger partial charge in [-0.25, -0.2) is 4.68 Å². The second-order valence-corrected chi connectivity index (χ2v) is 8.85. The number of H-pyrrole nitrogens is 1. The Kier molecular flexibility index (Phi) is 4.16. The molecular formula is C20H29N5O. The maximum absolute atomic E-state index is 12.5. The van der Waals surface area contributed by atoms with Gasteiger partial charge in [0.1, 0.15) is 5.82 Å². The molecule has 6 nitrogen and oxygen atoms in total. The minimum absolute atomic E-state index is 0.000287. The SMILES string of the molecule is Cc1nn(C2CCCCC2)c2c1[C@@H](c1cc(C(C)(C)C)n[nH]1)CC(=O)N2. The first-order chi connectivity index (χ1) is 12.3. The Morgan fingerprint density at radius 3 is 2.58 bits per heavy atom. The van der Waals surface area contributed by atoms with E-state index in [1.165, 1.54) is 19.3 Å². The lowest BCUT2D eigenvalue weighted by atomic mass is 9.86. The van der Waals surface area contributed by atoms with Crippen LogP contribution in [0.3, 0.4) is 0 Å². The fraction of sp³-hybridized carbons (Fsp3) is 0.650. The second kappa shape index (κ2) is 6.25. The number of amides is 1. The van der Waals surface area contributed by atoms with E-state index >= 15 is 0 Å². The zero-order valence-corrected chi connectivity index (χ0v) is 16.2. The number of hydrogen-bond donors (Lipinski definition) is 2. The van der Waals surface area contributed by atoms with Crippen molar-refractivity contribution in [2.24, 2.45) is 0 Å². The van der Waals surface area contributed by atoms with Crippen molar-refractivity contribution in [1.82, 2.24) is 20.0 Å². The third kappa shape index (κ3) is 2.95. The largest absolute Gasteiger partial charge is 0.311 e. The van der Waals surface area contributed by atoms with Crippen molar-refractivity contribution >= 4 is 11.7 Å². The van der Waals surface area contributed by atoms with Crippen LogP contribution in [0.2, 0.25) is 0 Å². The highest BCUT2D eigenvalue weighted by Gasteiger charge is 2.35. The number of carbonyl (C=O) groups excluding carboxylic acids is 1. The number of aryl methyl sites for hydroxylation is 1. The van der Waals surface area contributed by atoms with Crippen molar-refractivity contribution < 1.29 is 4.79 Å². The van der Waals surface area contributed by atoms with Gasteiger partial charge in [-0.1, -0.05) is 40.0 Å². The summed E-state index contributed by atoms with van der Waals surface area (Å²) >= 11 is 0. The zero-order valence-electron chi connectivity index (χ0n) is 16.2. The molecule has 1 fully saturated rings. The number of aromatic nitrogens is 4. The zero-order chi connectivity index (χ0) is 18.5. The molecule has 26 heavy (non-hydrogen) atoms. The first kappa shape index (κ1) is 17.3. The van der Waals surface area contributed by atoms with Crippen LogP contribution in [0, 0.1) is 6.92 Å². The van der Waals surface area contributed by atoms with Gasteiger partial charge in [0.2, 0.25) is 5.91 Å². The van der Waals surface area contributed by atoms with Gasteiger partial charge in [0.25, 0.3) is 0 Å². The Bertz CT molecular complexity index is 820. The summed E-state index contributed by atoms with van der Waals surface area (Å²) in [5.74, 6) is 0.966. The average molecular weight is 355 g/mol. The smallest absolute Gasteiger partial charge is 0.226 e. The third-order valence-electron chi connectivity index (χ3n) is 5.79. The number of nitrogens with zero attached hydrogens (tertiary/aromatic N) is 3. The molecule has 2 aliphatic rings. The number of aromatic amines is 1. The number of fused-ring (bicyclic) bond motifs is 1. The van der Waals surface area contributed by atoms with Crippen LogP contribution in [-0.2, 0) is 10.2 Å². The van der Waals surface area contributed by atoms with Crippen LogP contribution in [0.4, 0.5) is 5.82 Å². The van der Waals surface area contributed by atoms with Crippen molar-refractivity contribution in [3.63, 3.8) is 0 Å². The summed E-state index contributed by atoms with van der Waals surface area (Å²) in [4.78, 5) is 12.5. The Morgan fingerprint density at radius 2 is 1.92 bits per heavy atom. The Labute approximate surface area is 154 Å². The number of anilines is 1. The van der Waals surface area contributed by atoms with Crippen molar-refractivity contribution in [2.45, 2.75) is 83.6 Å². The number of nitrogens with one attached hydrogen (secondary N) is 2. The minimum Gasteiger partial charge on any atom is -0.311 e. The molecule has 0 bridgehead atoms. The van der Waals surface area contributed by atoms with Gasteiger partial charge >= 0.3 is 0 Å². The molecule has 1 atom stereocenters. The van der Waals surface area contributed by atoms with Crippen molar-refractivity contribution in [2.75, 3.05) is 5.32 Å². The average Bonchev–Trinajstić information content (AvgIpc) is 3.20. The molecule has 0 radical (unpaired) electrons. The van der Waals surface area contributed by atoms with Gasteiger partial charge in [0, 0.05) is 29.0 Å². The quantitative estimate of drug-likeness (QED) is 0.848. The molecule has 2 N–H and O–H groups in total. The molecule has 6 heteroatoms. The normalized spacial score (nSPS) is 21.5. The van der Waals surface area contributed by atoms with Crippen LogP contribution < -0.4 is 5.32 Å². The van der Waals surface area contributed by atoms with Crippen LogP contribution in [0.5, 0.6) is 0 Å². The molecule has 0 unspecified atom stereocenters. The summed E-state index contributed by atoms with van der Waals surface area (Å²) < 4.78 is 2.09. The molecule has 0 spiro atoms. The lowest BCUT2D eigenvalue weighted by molar-refractivity contribution is -0.116. The number of carbonyl (C=O) groups is 1. The van der Waals surface area contributed by atoms with E-state index in [-0.39, 0.29) is 17.2 Å². The molecule has 2 aromatic rings. The van der Waals surface area contributed by atoms with Gasteiger partial charge in [0.15, 0.2) is 0 Å². The molecule has 4 rings (SSSR count). The lowest BCUT2D eigenvalue weighted by Gasteiger charge is -2.27. The van der Waals surface area contributed by atoms with E-state index in [4.69, 9.17) is 5.10 Å². The van der Waals surface area contributed by atoms with Gasteiger partial charge in [-0.15, -0.1) is 0 Å². The van der Waals surface area contributed by atoms with Crippen molar-refractivity contribution in [1.29, 1.82) is 0 Å². The Balaban J connectivity index is 1.75. The number of hydrogen-bond acceptors (Lipinski definition) is 3. The fourth-order valence-electron chi connectivity index (χ4n) is 4.33. The monoisotopic (exact) mass is 355 g/mol. The van der Waals surface area contributed by atoms with Gasteiger partial charge < -0.3 is 5.32 Å². The second-order valence-electron chi connectivity index (χ2n) is 8.85. The first-order valence-corrected chi connectivity index (χ1v) is 9.79. The highest BCUT2D eigenvalue weighted by Crippen LogP contribution is 2.42. The fourth-order valence-corrected chi connectivity index (χ4v) is 4.33. The van der Waals surface area contributed by atoms with Crippen molar-refractivity contribution in [3.05, 3.63) is 28.7 Å². The van der Waals surface area contributed by atoms with E-state index in [1.54, 1.807) is 0 Å². The molecule has 3 heterocycles. The van der Waals surface area contributed by atoms with E-state index in [0.717, 1.165) is 41.3 Å². The van der Waals surface area contributed by atoms with Gasteiger partial charge in [-0.05, 0) is 25.8 Å². The minimum atomic E-state index is -0.0180. The molecule has 1 amide bonds. The molecule has 2 aromatic heterocycles. The Morgan fingerprint density at radius 1 is 1.19 bits per heavy atom. The van der Waals surface area contributed by atoms with Gasteiger partial charge in [-0.2, -0.15) is 10.2 Å². The molecule has 140 valence electrons. The lowest BCUT2D eigenvalue weighted by Crippen LogP contribution is -2.26. The summed E-state index contributed by atoms with van der Waals surface area (Å²) in [5, 5.41) is 15.7. The summed E-state index contributed by atoms with van der Waals surface area (Å²) in [7, 11) is 0. The van der Waals surface area contributed by atoms with E-state index in [1.807, 2.05) is 0 Å². The van der Waals surface area contributed by atoms with Crippen LogP contribution in [-0.4, -0.2) is 25.9 Å². The predicted molar refractivity (Wildman–Crippen MR) is 101 cm³/mol. The highest BCUT2D eigenvalue weighted by atomic mass is 16.1. The van der Waals surface area contributed by atoms with Crippen LogP contribution in [0.1, 0.15) is 93.9 Å². The molecule has 0 saturated heterocycles. The molecule has 1 aliphatic carbocycles. The third-order valence-corrected chi connectivity index (χ3v) is 5.79. The van der Waals surface area contributed by atoms with Crippen LogP contribution in [0.25, 0.3) is 0 Å². The summed E-state index contributed by atoms with van der Waals surface area (Å²) in [6.07, 6.45) is 6.52. The molecule has 0 aromatic carbocycles. The van der Waals surface area contributed by atoms with E-state index < -0.39 is 0 Å². The Hall–Kier alpha value is -2.11. The predicted octanol–water partition coefficient (Wildman–Crippen LogP) is 4.19. The highest BCUT2D eigenvalue weighted by molar-refractivity contribution is 5.94. The topological polar surface area (TPSA) is 75.6 Å². The van der Waals surface area contributed by atoms with E-state index in [0.29, 0.717) is 12.5 Å². The standard InChI is InChI=1S/C20H29N5O/c1-12-18-14(15-11-16(23-22-15)20(2,3)4)10-17(26)21-19(18)25(24-12)13-8-6-5-7-9-13/h11,13-14H,5-10H2,1-4H3,(H,21,26)(H,22,23)/t14-/m1/s1. The van der Waals surface area contributed by atoms with Gasteiger partial charge in [0.05, 0.1) is 17.4 Å². The first-order valence-electron chi connectivity index (χ1n) is 9.79. The number of rotatable bonds is 2. The summed E-state index contributed by atoms with van der Waals surface area (Å²) in [6, 6.07) is 2.52. The maximum atomic E-state index is 12.5. The van der Waals surface area contributed by atoms with Gasteiger partial charge in [-0.3, -0.25) is 9.89 Å². The molecule has 1 aliphatic heterocycles. The van der Waals surface area contributed by atoms with Crippen molar-refractivity contribution in [3.8, 4) is 0 Å². The van der Waals surface area contributed by atoms with Crippen LogP contribution >= 0.6 is 0 Å². The van der Waals surface area contributed by atoms with E-state index in [2.05, 4.69) is 54.0 Å². The molecular weight excluding hydrogens is 326 g/mol. The molecule has 1 saturated carbocycles.